The van der Waals surface area contributed by atoms with Crippen LogP contribution in [-0.4, -0.2) is 117 Å². The molecule has 4 rings (SSSR count). The Morgan fingerprint density at radius 1 is 0.695 bits per heavy atom. The number of rotatable bonds is 14. The van der Waals surface area contributed by atoms with Crippen LogP contribution in [0.4, 0.5) is 34.1 Å². The van der Waals surface area contributed by atoms with E-state index in [0.29, 0.717) is 29.1 Å². The molecule has 0 radical (unpaired) electrons. The average Bonchev–Trinajstić information content (AvgIpc) is 3.12. The summed E-state index contributed by atoms with van der Waals surface area (Å²) >= 11 is 0. The zero-order valence-corrected chi connectivity index (χ0v) is 36.3. The number of ketones is 2. The molecule has 0 spiro atoms. The minimum absolute atomic E-state index is 0. The Labute approximate surface area is 372 Å². The topological polar surface area (TPSA) is 346 Å². The van der Waals surface area contributed by atoms with Crippen LogP contribution in [0, 0.1) is 34.1 Å². The quantitative estimate of drug-likeness (QED) is 0.0259. The fourth-order valence-electron chi connectivity index (χ4n) is 4.43. The molecular weight excluding hydrogens is 896 g/mol. The molecule has 0 aromatic heterocycles. The van der Waals surface area contributed by atoms with Crippen molar-refractivity contribution in [2.75, 3.05) is 5.32 Å². The standard InChI is InChI=1S/2C17H16N4O7S.Sr/c2*1-10-5-3-4-6-13(10)18-17(23)16(11(2)22)20-19-14-8-7-12(29(26,27)28)9-15(14)21(24)25;/h2*3-9,16H,1-2H3,(H,18,23)(H,26,27,28);/q;;+2/p-2. The summed E-state index contributed by atoms with van der Waals surface area (Å²) < 4.78 is 64.4. The van der Waals surface area contributed by atoms with Crippen LogP contribution in [0.25, 0.3) is 0 Å². The van der Waals surface area contributed by atoms with Crippen molar-refractivity contribution in [2.45, 2.75) is 49.6 Å². The molecule has 0 fully saturated rings. The zero-order valence-electron chi connectivity index (χ0n) is 31.1. The summed E-state index contributed by atoms with van der Waals surface area (Å²) in [4.78, 5) is 58.7. The number of nitro groups is 2. The maximum Gasteiger partial charge on any atom is 2.00 e. The number of hydrogen-bond acceptors (Lipinski definition) is 18. The first-order valence-electron chi connectivity index (χ1n) is 16.0. The van der Waals surface area contributed by atoms with Crippen LogP contribution in [0.5, 0.6) is 0 Å². The van der Waals surface area contributed by atoms with Gasteiger partial charge in [0.15, 0.2) is 29.0 Å². The van der Waals surface area contributed by atoms with E-state index < -0.39 is 98.1 Å². The van der Waals surface area contributed by atoms with Gasteiger partial charge in [-0.2, -0.15) is 18.6 Å². The zero-order chi connectivity index (χ0) is 43.5. The molecular formula is C34H30N8O14S2Sr. The summed E-state index contributed by atoms with van der Waals surface area (Å²) in [7, 11) is -9.59. The minimum atomic E-state index is -4.92. The van der Waals surface area contributed by atoms with Crippen molar-refractivity contribution >= 4 is 123 Å². The molecule has 0 saturated heterocycles. The van der Waals surface area contributed by atoms with Crippen molar-refractivity contribution in [3.8, 4) is 0 Å². The van der Waals surface area contributed by atoms with Crippen LogP contribution in [0.1, 0.15) is 25.0 Å². The molecule has 0 aliphatic heterocycles. The van der Waals surface area contributed by atoms with Crippen molar-refractivity contribution in [3.05, 3.63) is 116 Å². The summed E-state index contributed by atoms with van der Waals surface area (Å²) in [6.07, 6.45) is 0. The number of para-hydroxylation sites is 2. The average molecular weight is 926 g/mol. The first-order valence-corrected chi connectivity index (χ1v) is 18.9. The van der Waals surface area contributed by atoms with Crippen LogP contribution in [0.15, 0.2) is 120 Å². The van der Waals surface area contributed by atoms with Crippen molar-refractivity contribution in [1.82, 2.24) is 0 Å². The largest absolute Gasteiger partial charge is 2.00 e. The molecule has 0 aliphatic carbocycles. The normalized spacial score (nSPS) is 12.7. The number of benzene rings is 4. The van der Waals surface area contributed by atoms with Gasteiger partial charge in [-0.25, -0.2) is 8.42 Å². The number of anilines is 1. The third kappa shape index (κ3) is 14.4. The van der Waals surface area contributed by atoms with Gasteiger partial charge in [-0.15, -0.1) is 10.2 Å². The van der Waals surface area contributed by atoms with Gasteiger partial charge in [0.2, 0.25) is 6.04 Å². The van der Waals surface area contributed by atoms with Crippen LogP contribution >= 0.6 is 0 Å². The van der Waals surface area contributed by atoms with E-state index in [4.69, 9.17) is 4.55 Å². The fourth-order valence-corrected chi connectivity index (χ4v) is 5.42. The second-order valence-electron chi connectivity index (χ2n) is 11.7. The van der Waals surface area contributed by atoms with Gasteiger partial charge in [-0.1, -0.05) is 36.4 Å². The van der Waals surface area contributed by atoms with Crippen molar-refractivity contribution < 1.29 is 55.3 Å². The molecule has 4 aromatic rings. The Kier molecular flexibility index (Phi) is 18.0. The van der Waals surface area contributed by atoms with Gasteiger partial charge in [-0.3, -0.25) is 44.2 Å². The molecule has 0 saturated carbocycles. The van der Waals surface area contributed by atoms with Gasteiger partial charge in [0, 0.05) is 17.8 Å². The van der Waals surface area contributed by atoms with Gasteiger partial charge in [0.25, 0.3) is 27.4 Å². The van der Waals surface area contributed by atoms with Crippen LogP contribution in [-0.2, 0) is 34.6 Å². The van der Waals surface area contributed by atoms with Gasteiger partial charge in [-0.05, 0) is 81.1 Å². The Bertz CT molecular complexity index is 2600. The van der Waals surface area contributed by atoms with E-state index in [1.807, 2.05) is 0 Å². The Morgan fingerprint density at radius 3 is 1.61 bits per heavy atom. The van der Waals surface area contributed by atoms with E-state index in [2.05, 4.69) is 30.8 Å². The number of nitro benzene ring substituents is 2. The van der Waals surface area contributed by atoms with Crippen molar-refractivity contribution in [2.24, 2.45) is 25.4 Å². The molecule has 25 heteroatoms. The summed E-state index contributed by atoms with van der Waals surface area (Å²) in [6, 6.07) is 14.9. The fraction of sp³-hybridized carbons (Fsp3) is 0.176. The van der Waals surface area contributed by atoms with Crippen LogP contribution in [0.3, 0.4) is 0 Å². The first kappa shape index (κ1) is 49.6. The molecule has 22 nitrogen and oxygen atoms in total. The third-order valence-electron chi connectivity index (χ3n) is 7.44. The summed E-state index contributed by atoms with van der Waals surface area (Å²) in [6.45, 7) is 5.65. The van der Waals surface area contributed by atoms with Crippen molar-refractivity contribution in [3.63, 3.8) is 0 Å². The predicted molar refractivity (Wildman–Crippen MR) is 206 cm³/mol. The monoisotopic (exact) mass is 926 g/mol. The molecule has 0 aliphatic rings. The van der Waals surface area contributed by atoms with E-state index in [1.165, 1.54) is 0 Å². The molecule has 4 aromatic carbocycles. The van der Waals surface area contributed by atoms with Gasteiger partial charge in [0.05, 0.1) is 20.4 Å². The van der Waals surface area contributed by atoms with Gasteiger partial charge >= 0.3 is 45.5 Å². The second kappa shape index (κ2) is 21.5. The number of amides is 1. The van der Waals surface area contributed by atoms with Crippen molar-refractivity contribution in [1.29, 1.82) is 0 Å². The maximum atomic E-state index is 12.4. The molecule has 59 heavy (non-hydrogen) atoms. The number of hydrogen-bond donors (Lipinski definition) is 2. The molecule has 304 valence electrons. The SMILES string of the molecule is CC(=O)C(N=Nc1ccc(S(=O)(=O)O)cc1[N+](=O)[O-])C(=O)Nc1ccccc1C.CC(=O)C(N=Nc1ccc(S(=O)(=O)[O-])cc1[N+](=O)[O-])C([O-])=Nc1ccccc1C.[Sr+2]. The second-order valence-corrected chi connectivity index (χ2v) is 14.5. The van der Waals surface area contributed by atoms with Gasteiger partial charge < -0.3 is 15.0 Å². The Hall–Kier alpha value is -5.54. The maximum absolute atomic E-state index is 12.4. The van der Waals surface area contributed by atoms with E-state index in [9.17, 15) is 61.1 Å². The smallest absolute Gasteiger partial charge is 0.860 e. The number of carbonyl (C=O) groups is 3. The van der Waals surface area contributed by atoms with E-state index in [0.717, 1.165) is 43.7 Å². The molecule has 0 heterocycles. The first-order chi connectivity index (χ1) is 27.0. The van der Waals surface area contributed by atoms with Crippen LogP contribution in [0.2, 0.25) is 0 Å². The number of carbonyl (C=O) groups excluding carboxylic acids is 3. The minimum Gasteiger partial charge on any atom is -0.860 e. The summed E-state index contributed by atoms with van der Waals surface area (Å²) in [5.74, 6) is -3.06. The molecule has 0 bridgehead atoms. The number of nitrogens with zero attached hydrogens (tertiary/aromatic N) is 7. The third-order valence-corrected chi connectivity index (χ3v) is 9.12. The van der Waals surface area contributed by atoms with E-state index >= 15 is 0 Å². The Morgan fingerprint density at radius 2 is 1.15 bits per heavy atom. The number of nitrogens with one attached hydrogen (secondary N) is 1. The molecule has 2 unspecified atom stereocenters. The number of aliphatic imine (C=N–C) groups is 1. The number of aryl methyl sites for hydroxylation is 2. The van der Waals surface area contributed by atoms with E-state index in [-0.39, 0.29) is 45.5 Å². The molecule has 1 amide bonds. The molecule has 2 N–H and O–H groups in total. The van der Waals surface area contributed by atoms with E-state index in [1.54, 1.807) is 62.4 Å². The predicted octanol–water partition coefficient (Wildman–Crippen LogP) is 4.39. The number of azo groups is 2. The number of Topliss-reactive ketones (excluding diaryl/α,β-unsaturated/α-hetero) is 2. The van der Waals surface area contributed by atoms with Crippen LogP contribution < -0.4 is 10.4 Å². The Balaban J connectivity index is 0.000000400. The summed E-state index contributed by atoms with van der Waals surface area (Å²) in [5, 5.41) is 51.5. The molecule has 2 atom stereocenters. The van der Waals surface area contributed by atoms with Gasteiger partial charge in [0.1, 0.15) is 15.0 Å². The summed E-state index contributed by atoms with van der Waals surface area (Å²) in [5.41, 5.74) is -0.199.